The van der Waals surface area contributed by atoms with Crippen LogP contribution in [0.15, 0.2) is 42.5 Å². The molecule has 2 rings (SSSR count). The molecule has 0 fully saturated rings. The number of benzene rings is 2. The summed E-state index contributed by atoms with van der Waals surface area (Å²) in [5.41, 5.74) is 1.36. The molecule has 4 heteroatoms. The molecule has 0 N–H and O–H groups in total. The van der Waals surface area contributed by atoms with Crippen LogP contribution in [0.4, 0.5) is 4.39 Å². The van der Waals surface area contributed by atoms with E-state index in [0.717, 1.165) is 5.56 Å². The minimum atomic E-state index is -0.281. The third-order valence-electron chi connectivity index (χ3n) is 2.94. The molecule has 2 aromatic carbocycles. The number of ether oxygens (including phenoxy) is 2. The summed E-state index contributed by atoms with van der Waals surface area (Å²) < 4.78 is 23.9. The van der Waals surface area contributed by atoms with Gasteiger partial charge in [0.15, 0.2) is 11.5 Å². The van der Waals surface area contributed by atoms with E-state index in [1.165, 1.54) is 19.2 Å². The standard InChI is InChI=1S/C16H14FNO2/c1-11(13-4-6-14(17)7-5-13)20-15-8-3-12(10-18)9-16(15)19-2/h3-9,11H,1-2H3/t11-/m1/s1. The molecule has 3 nitrogen and oxygen atoms in total. The van der Waals surface area contributed by atoms with Gasteiger partial charge in [0.05, 0.1) is 18.7 Å². The number of hydrogen-bond acceptors (Lipinski definition) is 3. The van der Waals surface area contributed by atoms with Crippen molar-refractivity contribution >= 4 is 0 Å². The molecule has 0 aliphatic rings. The van der Waals surface area contributed by atoms with E-state index in [2.05, 4.69) is 0 Å². The Balaban J connectivity index is 2.21. The molecule has 2 aromatic rings. The van der Waals surface area contributed by atoms with Gasteiger partial charge in [0.25, 0.3) is 0 Å². The molecule has 0 saturated heterocycles. The largest absolute Gasteiger partial charge is 0.493 e. The normalized spacial score (nSPS) is 11.5. The maximum absolute atomic E-state index is 12.9. The van der Waals surface area contributed by atoms with Gasteiger partial charge < -0.3 is 9.47 Å². The second kappa shape index (κ2) is 6.07. The average molecular weight is 271 g/mol. The molecule has 102 valence electrons. The van der Waals surface area contributed by atoms with Crippen molar-refractivity contribution in [2.75, 3.05) is 7.11 Å². The van der Waals surface area contributed by atoms with Crippen LogP contribution in [-0.2, 0) is 0 Å². The predicted octanol–water partition coefficient (Wildman–Crippen LogP) is 3.85. The van der Waals surface area contributed by atoms with Crippen molar-refractivity contribution in [1.82, 2.24) is 0 Å². The monoisotopic (exact) mass is 271 g/mol. The Morgan fingerprint density at radius 2 is 1.80 bits per heavy atom. The van der Waals surface area contributed by atoms with E-state index in [1.807, 2.05) is 13.0 Å². The van der Waals surface area contributed by atoms with Gasteiger partial charge in [-0.1, -0.05) is 12.1 Å². The summed E-state index contributed by atoms with van der Waals surface area (Å²) >= 11 is 0. The molecule has 0 aliphatic carbocycles. The summed E-state index contributed by atoms with van der Waals surface area (Å²) in [6.07, 6.45) is -0.252. The molecule has 0 aliphatic heterocycles. The van der Waals surface area contributed by atoms with E-state index in [4.69, 9.17) is 14.7 Å². The molecule has 0 amide bonds. The fourth-order valence-corrected chi connectivity index (χ4v) is 1.83. The summed E-state index contributed by atoms with van der Waals surface area (Å²) in [7, 11) is 1.52. The lowest BCUT2D eigenvalue weighted by Gasteiger charge is -2.17. The summed E-state index contributed by atoms with van der Waals surface area (Å²) in [4.78, 5) is 0. The van der Waals surface area contributed by atoms with Crippen LogP contribution in [0, 0.1) is 17.1 Å². The summed E-state index contributed by atoms with van der Waals surface area (Å²) in [5.74, 6) is 0.762. The van der Waals surface area contributed by atoms with Crippen molar-refractivity contribution in [3.63, 3.8) is 0 Å². The Morgan fingerprint density at radius 1 is 1.10 bits per heavy atom. The van der Waals surface area contributed by atoms with Crippen LogP contribution < -0.4 is 9.47 Å². The maximum Gasteiger partial charge on any atom is 0.162 e. The minimum Gasteiger partial charge on any atom is -0.493 e. The molecule has 0 bridgehead atoms. The highest BCUT2D eigenvalue weighted by Crippen LogP contribution is 2.31. The summed E-state index contributed by atoms with van der Waals surface area (Å²) in [6, 6.07) is 13.2. The van der Waals surface area contributed by atoms with E-state index in [-0.39, 0.29) is 11.9 Å². The first kappa shape index (κ1) is 13.9. The highest BCUT2D eigenvalue weighted by atomic mass is 19.1. The smallest absolute Gasteiger partial charge is 0.162 e. The highest BCUT2D eigenvalue weighted by Gasteiger charge is 2.12. The van der Waals surface area contributed by atoms with Crippen molar-refractivity contribution < 1.29 is 13.9 Å². The van der Waals surface area contributed by atoms with Gasteiger partial charge in [-0.3, -0.25) is 0 Å². The van der Waals surface area contributed by atoms with Crippen molar-refractivity contribution in [3.05, 3.63) is 59.4 Å². The maximum atomic E-state index is 12.9. The lowest BCUT2D eigenvalue weighted by Crippen LogP contribution is -2.04. The third kappa shape index (κ3) is 3.07. The van der Waals surface area contributed by atoms with Crippen LogP contribution in [0.5, 0.6) is 11.5 Å². The van der Waals surface area contributed by atoms with Crippen LogP contribution in [0.25, 0.3) is 0 Å². The molecular weight excluding hydrogens is 257 g/mol. The molecule has 1 atom stereocenters. The summed E-state index contributed by atoms with van der Waals surface area (Å²) in [6.45, 7) is 1.87. The van der Waals surface area contributed by atoms with Crippen molar-refractivity contribution in [1.29, 1.82) is 5.26 Å². The number of rotatable bonds is 4. The van der Waals surface area contributed by atoms with E-state index >= 15 is 0 Å². The molecule has 0 unspecified atom stereocenters. The van der Waals surface area contributed by atoms with Crippen LogP contribution >= 0.6 is 0 Å². The lowest BCUT2D eigenvalue weighted by molar-refractivity contribution is 0.216. The van der Waals surface area contributed by atoms with Crippen LogP contribution in [0.1, 0.15) is 24.2 Å². The van der Waals surface area contributed by atoms with Gasteiger partial charge in [0.1, 0.15) is 11.9 Å². The molecule has 20 heavy (non-hydrogen) atoms. The predicted molar refractivity (Wildman–Crippen MR) is 73.2 cm³/mol. The van der Waals surface area contributed by atoms with Gasteiger partial charge >= 0.3 is 0 Å². The quantitative estimate of drug-likeness (QED) is 0.848. The fraction of sp³-hybridized carbons (Fsp3) is 0.188. The molecular formula is C16H14FNO2. The number of nitriles is 1. The van der Waals surface area contributed by atoms with E-state index < -0.39 is 0 Å². The first-order valence-electron chi connectivity index (χ1n) is 6.14. The fourth-order valence-electron chi connectivity index (χ4n) is 1.83. The zero-order valence-corrected chi connectivity index (χ0v) is 11.3. The van der Waals surface area contributed by atoms with E-state index in [0.29, 0.717) is 17.1 Å². The average Bonchev–Trinajstić information content (AvgIpc) is 2.48. The second-order valence-electron chi connectivity index (χ2n) is 4.29. The third-order valence-corrected chi connectivity index (χ3v) is 2.94. The Morgan fingerprint density at radius 3 is 2.40 bits per heavy atom. The number of hydrogen-bond donors (Lipinski definition) is 0. The van der Waals surface area contributed by atoms with Crippen molar-refractivity contribution in [2.24, 2.45) is 0 Å². The van der Waals surface area contributed by atoms with Gasteiger partial charge in [-0.2, -0.15) is 5.26 Å². The van der Waals surface area contributed by atoms with Crippen LogP contribution in [0.2, 0.25) is 0 Å². The van der Waals surface area contributed by atoms with Crippen LogP contribution in [0.3, 0.4) is 0 Å². The zero-order valence-electron chi connectivity index (χ0n) is 11.3. The SMILES string of the molecule is COc1cc(C#N)ccc1O[C@H](C)c1ccc(F)cc1. The Bertz CT molecular complexity index is 632. The van der Waals surface area contributed by atoms with Gasteiger partial charge in [0, 0.05) is 6.07 Å². The van der Waals surface area contributed by atoms with Gasteiger partial charge in [-0.05, 0) is 36.8 Å². The lowest BCUT2D eigenvalue weighted by atomic mass is 10.1. The van der Waals surface area contributed by atoms with Gasteiger partial charge in [-0.25, -0.2) is 4.39 Å². The van der Waals surface area contributed by atoms with E-state index in [1.54, 1.807) is 30.3 Å². The minimum absolute atomic E-state index is 0.252. The Labute approximate surface area is 117 Å². The topological polar surface area (TPSA) is 42.2 Å². The molecule has 0 radical (unpaired) electrons. The Kier molecular flexibility index (Phi) is 4.21. The first-order valence-corrected chi connectivity index (χ1v) is 6.14. The molecule has 0 saturated carbocycles. The van der Waals surface area contributed by atoms with Crippen LogP contribution in [-0.4, -0.2) is 7.11 Å². The second-order valence-corrected chi connectivity index (χ2v) is 4.29. The molecule has 0 spiro atoms. The summed E-state index contributed by atoms with van der Waals surface area (Å²) in [5, 5.41) is 8.85. The van der Waals surface area contributed by atoms with Gasteiger partial charge in [0.2, 0.25) is 0 Å². The number of nitrogens with zero attached hydrogens (tertiary/aromatic N) is 1. The zero-order chi connectivity index (χ0) is 14.5. The molecule has 0 aromatic heterocycles. The Hall–Kier alpha value is -2.54. The molecule has 0 heterocycles. The number of halogens is 1. The van der Waals surface area contributed by atoms with Crippen molar-refractivity contribution in [2.45, 2.75) is 13.0 Å². The first-order chi connectivity index (χ1) is 9.63. The van der Waals surface area contributed by atoms with Gasteiger partial charge in [-0.15, -0.1) is 0 Å². The number of methoxy groups -OCH3 is 1. The van der Waals surface area contributed by atoms with Crippen molar-refractivity contribution in [3.8, 4) is 17.6 Å². The van der Waals surface area contributed by atoms with E-state index in [9.17, 15) is 4.39 Å². The highest BCUT2D eigenvalue weighted by molar-refractivity contribution is 5.47.